The smallest absolute Gasteiger partial charge is 0.253 e. The van der Waals surface area contributed by atoms with Crippen LogP contribution in [0.4, 0.5) is 0 Å². The van der Waals surface area contributed by atoms with E-state index in [4.69, 9.17) is 0 Å². The number of aromatic amines is 4. The Morgan fingerprint density at radius 3 is 0.952 bits per heavy atom. The van der Waals surface area contributed by atoms with Crippen molar-refractivity contribution in [3.8, 4) is 23.0 Å². The topological polar surface area (TPSA) is 376 Å². The first-order valence-corrected chi connectivity index (χ1v) is 52.0. The third kappa shape index (κ3) is 32.4. The molecule has 0 saturated carbocycles. The van der Waals surface area contributed by atoms with Crippen molar-refractivity contribution in [2.45, 2.75) is 126 Å². The van der Waals surface area contributed by atoms with Gasteiger partial charge in [0, 0.05) is 180 Å². The third-order valence-corrected chi connectivity index (χ3v) is 27.4. The first-order chi connectivity index (χ1) is 71.7. The van der Waals surface area contributed by atoms with Gasteiger partial charge < -0.3 is 65.3 Å². The third-order valence-electron chi connectivity index (χ3n) is 26.0. The number of amides is 4. The summed E-state index contributed by atoms with van der Waals surface area (Å²) in [6.07, 6.45) is 26.6. The molecule has 18 rings (SSSR count). The molecule has 29 nitrogen and oxygen atoms in total. The average Bonchev–Trinajstić information content (AvgIpc) is 1.56. The molecular formula is C116H134N18O11S2. The van der Waals surface area contributed by atoms with Gasteiger partial charge in [-0.1, -0.05) is 119 Å². The van der Waals surface area contributed by atoms with Crippen LogP contribution in [-0.4, -0.2) is 252 Å². The minimum atomic E-state index is 0.0596. The number of carbonyl (C=O) groups excluding carboxylic acids is 7. The molecule has 4 amide bonds. The van der Waals surface area contributed by atoms with E-state index in [1.54, 1.807) is 65.9 Å². The van der Waals surface area contributed by atoms with Crippen LogP contribution in [0.2, 0.25) is 0 Å². The summed E-state index contributed by atoms with van der Waals surface area (Å²) in [4.78, 5) is 130. The second-order valence-electron chi connectivity index (χ2n) is 35.2. The molecule has 4 aliphatic rings. The molecule has 0 aliphatic carbocycles. The highest BCUT2D eigenvalue weighted by Gasteiger charge is 2.27. The Labute approximate surface area is 868 Å². The number of phenols is 4. The largest absolute Gasteiger partial charge is 0.508 e. The van der Waals surface area contributed by atoms with E-state index in [-0.39, 0.29) is 46.6 Å². The number of benzene rings is 8. The Hall–Kier alpha value is -15.3. The van der Waals surface area contributed by atoms with Crippen LogP contribution in [0.3, 0.4) is 0 Å². The van der Waals surface area contributed by atoms with Crippen molar-refractivity contribution in [3.05, 3.63) is 389 Å². The van der Waals surface area contributed by atoms with E-state index in [2.05, 4.69) is 75.9 Å². The van der Waals surface area contributed by atoms with Crippen LogP contribution in [-0.2, 0) is 19.6 Å². The molecule has 766 valence electrons. The number of phenolic OH excluding ortho intramolecular Hbond substituents is 4. The predicted octanol–water partition coefficient (Wildman–Crippen LogP) is 20.3. The fourth-order valence-electron chi connectivity index (χ4n) is 18.2. The number of hydrogen-bond donors (Lipinski definition) is 9. The molecule has 10 heterocycles. The summed E-state index contributed by atoms with van der Waals surface area (Å²) in [7, 11) is 0. The Kier molecular flexibility index (Phi) is 43.6. The number of nitrogens with one attached hydrogen (secondary N) is 5. The maximum Gasteiger partial charge on any atom is 0.253 e. The highest BCUT2D eigenvalue weighted by molar-refractivity contribution is 7.11. The molecule has 31 heteroatoms. The summed E-state index contributed by atoms with van der Waals surface area (Å²) in [6, 6.07) is 61.5. The molecule has 0 unspecified atom stereocenters. The molecule has 4 aliphatic heterocycles. The van der Waals surface area contributed by atoms with Crippen LogP contribution in [0.5, 0.6) is 23.0 Å². The second kappa shape index (κ2) is 58.0. The number of thiazole rings is 2. The number of hydrogen-bond acceptors (Lipinski definition) is 23. The van der Waals surface area contributed by atoms with Gasteiger partial charge in [-0.3, -0.25) is 48.3 Å². The molecule has 0 atom stereocenters. The van der Waals surface area contributed by atoms with Crippen molar-refractivity contribution in [1.29, 1.82) is 0 Å². The minimum absolute atomic E-state index is 0.0596. The van der Waals surface area contributed by atoms with E-state index in [9.17, 15) is 54.0 Å². The molecule has 147 heavy (non-hydrogen) atoms. The standard InChI is InChI=1S/2C27H32N4O2.C27H31N3O2S.C23H28N2O2.2C4H4N2O.C4H3NOS/c1-3-31(4-2)27(33)22-10-8-20(9-11-22)26(23-6-5-7-24(32)18-23)21-12-16-30(17-13-21)19-25-28-14-15-29-25;1-3-31(4-2)27(33)22-10-8-20(9-11-22)26(23-6-5-7-25(32)16-23)21-12-14-30(15-13-21)18-24-17-28-19-29-24;1-3-30(4-2)27(32)22-10-8-20(9-11-22)26(23-6-5-7-24(31)18-23)21-12-15-29(16-13-21)19-25-28-14-17-33-25;1-3-25(4-2)23(27)19-10-8-17(9-11-19)22(18-12-14-24-15-13-18)20-6-5-7-21(26)16-20;7-2-4-1-5-3-6-4;7-3-4-5-1-2-6-4;6-3-4-5-1-2-7-4/h5-11,14-15,18,32H,3-4,12-13,16-17,19H2,1-2H3,(H,28,29);5-11,16-17,19,32H,3-4,12-15,18H2,1-2H3,(H,28,29);5-11,14,17-18,31H,3-4,12-13,15-16,19H2,1-2H3;5-11,16,24,26H,3-4,12-15H2,1-2H3;2*1-3H,(H,5,6);1-3H. The lowest BCUT2D eigenvalue weighted by molar-refractivity contribution is 0.0765. The summed E-state index contributed by atoms with van der Waals surface area (Å²) in [5, 5.41) is 49.3. The number of nitrogens with zero attached hydrogens (tertiary/aromatic N) is 13. The fourth-order valence-corrected chi connectivity index (χ4v) is 19.3. The number of aldehydes is 3. The van der Waals surface area contributed by atoms with E-state index in [1.807, 2.05) is 263 Å². The molecule has 4 fully saturated rings. The van der Waals surface area contributed by atoms with Crippen LogP contribution in [0.25, 0.3) is 22.3 Å². The Balaban J connectivity index is 0.000000163. The van der Waals surface area contributed by atoms with Crippen molar-refractivity contribution < 1.29 is 54.0 Å². The average molecular weight is 2020 g/mol. The molecule has 0 radical (unpaired) electrons. The van der Waals surface area contributed by atoms with Gasteiger partial charge in [-0.25, -0.2) is 29.9 Å². The van der Waals surface area contributed by atoms with Gasteiger partial charge in [0.05, 0.1) is 37.6 Å². The van der Waals surface area contributed by atoms with Gasteiger partial charge in [-0.2, -0.15) is 0 Å². The van der Waals surface area contributed by atoms with Gasteiger partial charge in [-0.05, 0) is 284 Å². The normalized spacial score (nSPS) is 13.4. The quantitative estimate of drug-likeness (QED) is 0.0197. The summed E-state index contributed by atoms with van der Waals surface area (Å²) < 4.78 is 0. The van der Waals surface area contributed by atoms with Gasteiger partial charge >= 0.3 is 0 Å². The molecular weight excluding hydrogens is 1890 g/mol. The van der Waals surface area contributed by atoms with Crippen LogP contribution in [0.1, 0.15) is 240 Å². The maximum atomic E-state index is 12.7. The Bertz CT molecular complexity index is 6020. The Morgan fingerprint density at radius 2 is 0.680 bits per heavy atom. The Morgan fingerprint density at radius 1 is 0.340 bits per heavy atom. The molecule has 9 N–H and O–H groups in total. The number of rotatable bonds is 29. The lowest BCUT2D eigenvalue weighted by Crippen LogP contribution is -2.31. The van der Waals surface area contributed by atoms with E-state index < -0.39 is 0 Å². The van der Waals surface area contributed by atoms with Crippen molar-refractivity contribution in [2.24, 2.45) is 0 Å². The zero-order valence-corrected chi connectivity index (χ0v) is 86.6. The van der Waals surface area contributed by atoms with Gasteiger partial charge in [0.25, 0.3) is 23.6 Å². The number of imidazole rings is 4. The molecule has 0 spiro atoms. The first kappa shape index (κ1) is 111. The molecule has 0 bridgehead atoms. The van der Waals surface area contributed by atoms with Crippen LogP contribution in [0, 0.1) is 0 Å². The minimum Gasteiger partial charge on any atom is -0.508 e. The number of aromatic hydroxyl groups is 4. The van der Waals surface area contributed by atoms with Gasteiger partial charge in [0.2, 0.25) is 0 Å². The number of piperidine rings is 4. The fraction of sp³-hybridized carbons (Fsp3) is 0.302. The summed E-state index contributed by atoms with van der Waals surface area (Å²) in [5.41, 5.74) is 23.1. The summed E-state index contributed by atoms with van der Waals surface area (Å²) in [6.45, 7) is 32.0. The van der Waals surface area contributed by atoms with Crippen LogP contribution in [0.15, 0.2) is 289 Å². The van der Waals surface area contributed by atoms with E-state index >= 15 is 0 Å². The van der Waals surface area contributed by atoms with Crippen molar-refractivity contribution in [3.63, 3.8) is 0 Å². The lowest BCUT2D eigenvalue weighted by atomic mass is 9.88. The lowest BCUT2D eigenvalue weighted by Gasteiger charge is -2.30. The van der Waals surface area contributed by atoms with Crippen molar-refractivity contribution in [2.75, 3.05) is 105 Å². The number of H-pyrrole nitrogens is 4. The first-order valence-electron chi connectivity index (χ1n) is 50.3. The highest BCUT2D eigenvalue weighted by atomic mass is 32.1. The van der Waals surface area contributed by atoms with E-state index in [0.717, 1.165) is 202 Å². The monoisotopic (exact) mass is 2020 g/mol. The number of aromatic nitrogens is 10. The predicted molar refractivity (Wildman–Crippen MR) is 582 cm³/mol. The van der Waals surface area contributed by atoms with E-state index in [1.165, 1.54) is 63.5 Å². The summed E-state index contributed by atoms with van der Waals surface area (Å²) in [5.74, 6) is 2.67. The van der Waals surface area contributed by atoms with Crippen molar-refractivity contribution >= 4 is 87.5 Å². The number of likely N-dealkylation sites (tertiary alicyclic amines) is 3. The molecule has 8 aromatic carbocycles. The maximum absolute atomic E-state index is 12.7. The summed E-state index contributed by atoms with van der Waals surface area (Å²) >= 11 is 3.05. The van der Waals surface area contributed by atoms with Crippen molar-refractivity contribution in [1.82, 2.24) is 89.5 Å². The van der Waals surface area contributed by atoms with Gasteiger partial charge in [0.15, 0.2) is 29.7 Å². The van der Waals surface area contributed by atoms with Crippen LogP contribution >= 0.6 is 22.7 Å². The second-order valence-corrected chi connectivity index (χ2v) is 37.1. The van der Waals surface area contributed by atoms with Gasteiger partial charge in [-0.15, -0.1) is 22.7 Å². The zero-order chi connectivity index (χ0) is 104. The van der Waals surface area contributed by atoms with Crippen LogP contribution < -0.4 is 5.32 Å². The molecule has 6 aromatic heterocycles. The molecule has 4 saturated heterocycles. The SMILES string of the molecule is CCN(CC)C(=O)c1ccc(C(=C2CCN(Cc3cnc[nH]3)CC2)c2cccc(O)c2)cc1.CCN(CC)C(=O)c1ccc(C(=C2CCN(Cc3ncc[nH]3)CC2)c2cccc(O)c2)cc1.CCN(CC)C(=O)c1ccc(C(=C2CCN(Cc3nccs3)CC2)c2cccc(O)c2)cc1.CCN(CC)C(=O)c1ccc(C(=C2CCNCC2)c2cccc(O)c2)cc1.O=Cc1cnc[nH]1.O=Cc1ncc[nH]1.O=Cc1nccs1. The zero-order valence-electron chi connectivity index (χ0n) is 85.0. The molecule has 14 aromatic rings. The highest BCUT2D eigenvalue weighted by Crippen LogP contribution is 2.40. The van der Waals surface area contributed by atoms with Gasteiger partial charge in [0.1, 0.15) is 33.8 Å². The van der Waals surface area contributed by atoms with E-state index in [0.29, 0.717) is 104 Å². The number of carbonyl (C=O) groups is 7.